The van der Waals surface area contributed by atoms with E-state index in [4.69, 9.17) is 22.5 Å². The van der Waals surface area contributed by atoms with Crippen molar-refractivity contribution in [2.24, 2.45) is 10.9 Å². The van der Waals surface area contributed by atoms with E-state index in [-0.39, 0.29) is 5.84 Å². The van der Waals surface area contributed by atoms with E-state index in [0.29, 0.717) is 10.6 Å². The molecule has 0 unspecified atom stereocenters. The van der Waals surface area contributed by atoms with Gasteiger partial charge in [-0.2, -0.15) is 11.8 Å². The highest BCUT2D eigenvalue weighted by Crippen LogP contribution is 2.24. The molecule has 0 heterocycles. The zero-order valence-corrected chi connectivity index (χ0v) is 12.1. The molecule has 0 aliphatic carbocycles. The zero-order valence-electron chi connectivity index (χ0n) is 10.6. The summed E-state index contributed by atoms with van der Waals surface area (Å²) in [6, 6.07) is 5.32. The van der Waals surface area contributed by atoms with Gasteiger partial charge in [0.15, 0.2) is 5.84 Å². The Morgan fingerprint density at radius 3 is 2.89 bits per heavy atom. The van der Waals surface area contributed by atoms with Gasteiger partial charge in [0, 0.05) is 29.9 Å². The third-order valence-corrected chi connectivity index (χ3v) is 3.53. The predicted octanol–water partition coefficient (Wildman–Crippen LogP) is 2.62. The number of halogens is 1. The SMILES string of the molecule is CSCCCN(C)c1cc(Cl)ccc1/C(N)=N/O. The first-order valence-corrected chi connectivity index (χ1v) is 7.35. The molecular weight excluding hydrogens is 270 g/mol. The Balaban J connectivity index is 2.94. The number of oxime groups is 1. The summed E-state index contributed by atoms with van der Waals surface area (Å²) < 4.78 is 0. The number of nitrogens with two attached hydrogens (primary N) is 1. The first kappa shape index (κ1) is 15.0. The lowest BCUT2D eigenvalue weighted by atomic mass is 10.1. The maximum atomic E-state index is 8.79. The molecule has 4 nitrogen and oxygen atoms in total. The van der Waals surface area contributed by atoms with Crippen LogP contribution < -0.4 is 10.6 Å². The number of benzene rings is 1. The predicted molar refractivity (Wildman–Crippen MR) is 80.2 cm³/mol. The molecule has 6 heteroatoms. The second-order valence-corrected chi connectivity index (χ2v) is 5.34. The van der Waals surface area contributed by atoms with Gasteiger partial charge in [-0.1, -0.05) is 16.8 Å². The molecule has 1 aromatic carbocycles. The molecule has 0 radical (unpaired) electrons. The fourth-order valence-electron chi connectivity index (χ4n) is 1.66. The highest BCUT2D eigenvalue weighted by atomic mass is 35.5. The van der Waals surface area contributed by atoms with Crippen molar-refractivity contribution in [3.05, 3.63) is 28.8 Å². The smallest absolute Gasteiger partial charge is 0.172 e. The van der Waals surface area contributed by atoms with Crippen molar-refractivity contribution in [1.82, 2.24) is 0 Å². The number of amidine groups is 1. The largest absolute Gasteiger partial charge is 0.409 e. The standard InChI is InChI=1S/C12H18ClN3OS/c1-16(6-3-7-18-2)11-8-9(13)4-5-10(11)12(14)15-17/h4-5,8,17H,3,6-7H2,1-2H3,(H2,14,15). The van der Waals surface area contributed by atoms with E-state index in [1.165, 1.54) is 0 Å². The quantitative estimate of drug-likeness (QED) is 0.278. The molecule has 3 N–H and O–H groups in total. The van der Waals surface area contributed by atoms with Crippen LogP contribution in [0.2, 0.25) is 5.02 Å². The summed E-state index contributed by atoms with van der Waals surface area (Å²) in [5.74, 6) is 1.20. The molecule has 0 atom stereocenters. The van der Waals surface area contributed by atoms with Gasteiger partial charge >= 0.3 is 0 Å². The Bertz CT molecular complexity index is 426. The number of anilines is 1. The van der Waals surface area contributed by atoms with Crippen molar-refractivity contribution < 1.29 is 5.21 Å². The van der Waals surface area contributed by atoms with Crippen molar-refractivity contribution in [2.45, 2.75) is 6.42 Å². The van der Waals surface area contributed by atoms with Crippen LogP contribution in [0.15, 0.2) is 23.4 Å². The Kier molecular flexibility index (Phi) is 6.15. The summed E-state index contributed by atoms with van der Waals surface area (Å²) in [5, 5.41) is 12.5. The maximum Gasteiger partial charge on any atom is 0.172 e. The molecule has 0 amide bonds. The van der Waals surface area contributed by atoms with Crippen LogP contribution in [0.3, 0.4) is 0 Å². The Hall–Kier alpha value is -1.07. The number of thioether (sulfide) groups is 1. The average molecular weight is 288 g/mol. The molecule has 0 aliphatic heterocycles. The van der Waals surface area contributed by atoms with E-state index in [2.05, 4.69) is 16.3 Å². The third kappa shape index (κ3) is 3.99. The van der Waals surface area contributed by atoms with Crippen molar-refractivity contribution in [2.75, 3.05) is 30.5 Å². The van der Waals surface area contributed by atoms with Crippen LogP contribution in [0.25, 0.3) is 0 Å². The first-order chi connectivity index (χ1) is 8.60. The van der Waals surface area contributed by atoms with Crippen LogP contribution in [0.1, 0.15) is 12.0 Å². The monoisotopic (exact) mass is 287 g/mol. The third-order valence-electron chi connectivity index (χ3n) is 2.60. The summed E-state index contributed by atoms with van der Waals surface area (Å²) in [6.07, 6.45) is 3.15. The summed E-state index contributed by atoms with van der Waals surface area (Å²) in [7, 11) is 1.97. The molecule has 0 saturated heterocycles. The van der Waals surface area contributed by atoms with Crippen molar-refractivity contribution in [1.29, 1.82) is 0 Å². The highest BCUT2D eigenvalue weighted by molar-refractivity contribution is 7.98. The number of hydrogen-bond donors (Lipinski definition) is 2. The van der Waals surface area contributed by atoms with Gasteiger partial charge in [-0.05, 0) is 36.6 Å². The van der Waals surface area contributed by atoms with Gasteiger partial charge in [0.25, 0.3) is 0 Å². The van der Waals surface area contributed by atoms with Crippen molar-refractivity contribution >= 4 is 34.9 Å². The van der Waals surface area contributed by atoms with Crippen LogP contribution in [0.4, 0.5) is 5.69 Å². The number of rotatable bonds is 6. The molecule has 18 heavy (non-hydrogen) atoms. The fourth-order valence-corrected chi connectivity index (χ4v) is 2.24. The van der Waals surface area contributed by atoms with E-state index in [1.54, 1.807) is 12.1 Å². The molecule has 100 valence electrons. The van der Waals surface area contributed by atoms with Gasteiger partial charge in [-0.3, -0.25) is 0 Å². The molecule has 0 fully saturated rings. The first-order valence-electron chi connectivity index (χ1n) is 5.57. The second kappa shape index (κ2) is 7.38. The molecule has 0 spiro atoms. The van der Waals surface area contributed by atoms with Gasteiger partial charge < -0.3 is 15.8 Å². The maximum absolute atomic E-state index is 8.79. The van der Waals surface area contributed by atoms with E-state index < -0.39 is 0 Å². The Labute approximate surface area is 117 Å². The normalized spacial score (nSPS) is 11.6. The van der Waals surface area contributed by atoms with E-state index >= 15 is 0 Å². The minimum Gasteiger partial charge on any atom is -0.409 e. The number of nitrogens with zero attached hydrogens (tertiary/aromatic N) is 2. The molecule has 0 bridgehead atoms. The van der Waals surface area contributed by atoms with Gasteiger partial charge in [0.2, 0.25) is 0 Å². The van der Waals surface area contributed by atoms with Crippen LogP contribution in [0, 0.1) is 0 Å². The average Bonchev–Trinajstić information content (AvgIpc) is 2.38. The lowest BCUT2D eigenvalue weighted by Crippen LogP contribution is -2.24. The lowest BCUT2D eigenvalue weighted by Gasteiger charge is -2.22. The van der Waals surface area contributed by atoms with Gasteiger partial charge in [0.05, 0.1) is 0 Å². The Morgan fingerprint density at radius 1 is 1.56 bits per heavy atom. The van der Waals surface area contributed by atoms with E-state index in [9.17, 15) is 0 Å². The topological polar surface area (TPSA) is 61.8 Å². The fraction of sp³-hybridized carbons (Fsp3) is 0.417. The zero-order chi connectivity index (χ0) is 13.5. The summed E-state index contributed by atoms with van der Waals surface area (Å²) in [4.78, 5) is 2.06. The van der Waals surface area contributed by atoms with Crippen molar-refractivity contribution in [3.8, 4) is 0 Å². The van der Waals surface area contributed by atoms with Crippen LogP contribution in [-0.2, 0) is 0 Å². The van der Waals surface area contributed by atoms with Gasteiger partial charge in [-0.15, -0.1) is 0 Å². The van der Waals surface area contributed by atoms with Crippen LogP contribution in [-0.4, -0.2) is 36.6 Å². The summed E-state index contributed by atoms with van der Waals surface area (Å²) in [6.45, 7) is 0.896. The van der Waals surface area contributed by atoms with E-state index in [0.717, 1.165) is 24.4 Å². The van der Waals surface area contributed by atoms with Crippen molar-refractivity contribution in [3.63, 3.8) is 0 Å². The molecule has 0 saturated carbocycles. The van der Waals surface area contributed by atoms with Gasteiger partial charge in [-0.25, -0.2) is 0 Å². The minimum atomic E-state index is 0.0957. The summed E-state index contributed by atoms with van der Waals surface area (Å²) in [5.41, 5.74) is 7.23. The van der Waals surface area contributed by atoms with Gasteiger partial charge in [0.1, 0.15) is 0 Å². The minimum absolute atomic E-state index is 0.0957. The Morgan fingerprint density at radius 2 is 2.28 bits per heavy atom. The molecule has 1 aromatic rings. The number of hydrogen-bond acceptors (Lipinski definition) is 4. The lowest BCUT2D eigenvalue weighted by molar-refractivity contribution is 0.318. The highest BCUT2D eigenvalue weighted by Gasteiger charge is 2.11. The van der Waals surface area contributed by atoms with Crippen LogP contribution >= 0.6 is 23.4 Å². The molecule has 0 aromatic heterocycles. The molecule has 0 aliphatic rings. The molecule has 1 rings (SSSR count). The van der Waals surface area contributed by atoms with Crippen LogP contribution in [0.5, 0.6) is 0 Å². The summed E-state index contributed by atoms with van der Waals surface area (Å²) >= 11 is 7.81. The molecular formula is C12H18ClN3OS. The van der Waals surface area contributed by atoms with E-state index in [1.807, 2.05) is 24.9 Å². The second-order valence-electron chi connectivity index (χ2n) is 3.91.